The molecule has 1 aromatic heterocycles. The Bertz CT molecular complexity index is 1350. The first-order valence-corrected chi connectivity index (χ1v) is 12.4. The van der Waals surface area contributed by atoms with Crippen LogP contribution in [0.25, 0.3) is 21.8 Å². The molecule has 0 radical (unpaired) electrons. The maximum absolute atomic E-state index is 11.4. The van der Waals surface area contributed by atoms with Gasteiger partial charge in [0.2, 0.25) is 10.0 Å². The Hall–Kier alpha value is -2.78. The van der Waals surface area contributed by atoms with Crippen LogP contribution in [0.4, 0.5) is 5.69 Å². The molecule has 9 heteroatoms. The van der Waals surface area contributed by atoms with Gasteiger partial charge in [-0.05, 0) is 42.0 Å². The smallest absolute Gasteiger partial charge is 0.229 e. The van der Waals surface area contributed by atoms with E-state index in [0.717, 1.165) is 33.8 Å². The first-order valence-electron chi connectivity index (χ1n) is 10.1. The van der Waals surface area contributed by atoms with Crippen molar-refractivity contribution >= 4 is 49.1 Å². The summed E-state index contributed by atoms with van der Waals surface area (Å²) in [5, 5.41) is 16.4. The lowest BCUT2D eigenvalue weighted by Gasteiger charge is -2.14. The second-order valence-electron chi connectivity index (χ2n) is 7.59. The summed E-state index contributed by atoms with van der Waals surface area (Å²) in [6.07, 6.45) is 0.314. The molecule has 7 nitrogen and oxygen atoms in total. The third-order valence-corrected chi connectivity index (χ3v) is 5.83. The topological polar surface area (TPSA) is 103 Å². The lowest BCUT2D eigenvalue weighted by atomic mass is 10.1. The second kappa shape index (κ2) is 9.38. The fraction of sp³-hybridized carbons (Fsp3) is 0.217. The van der Waals surface area contributed by atoms with Crippen LogP contribution in [0.5, 0.6) is 5.75 Å². The average molecular weight is 474 g/mol. The first kappa shape index (κ1) is 22.4. The summed E-state index contributed by atoms with van der Waals surface area (Å²) >= 11 is 6.07. The van der Waals surface area contributed by atoms with Gasteiger partial charge in [-0.1, -0.05) is 29.8 Å². The van der Waals surface area contributed by atoms with E-state index in [1.54, 1.807) is 24.3 Å². The number of aromatic amines is 1. The molecule has 0 unspecified atom stereocenters. The zero-order valence-electron chi connectivity index (χ0n) is 17.4. The lowest BCUT2D eigenvalue weighted by Crippen LogP contribution is -2.26. The molecular formula is C23H24ClN3O4S. The number of aromatic nitrogens is 1. The predicted octanol–water partition coefficient (Wildman–Crippen LogP) is 4.05. The summed E-state index contributed by atoms with van der Waals surface area (Å²) in [7, 11) is -3.37. The van der Waals surface area contributed by atoms with Crippen LogP contribution in [-0.4, -0.2) is 44.5 Å². The van der Waals surface area contributed by atoms with Crippen molar-refractivity contribution in [2.75, 3.05) is 30.7 Å². The minimum atomic E-state index is -3.37. The normalized spacial score (nSPS) is 12.8. The van der Waals surface area contributed by atoms with Gasteiger partial charge in [0, 0.05) is 46.2 Å². The van der Waals surface area contributed by atoms with E-state index in [1.165, 1.54) is 0 Å². The SMILES string of the molecule is CS(=O)(=O)Nc1cccc([C@H](O)CNCCOc2ccc3c(c2)[nH]c2cc(Cl)ccc23)c1. The Morgan fingerprint density at radius 3 is 2.59 bits per heavy atom. The van der Waals surface area contributed by atoms with Crippen molar-refractivity contribution in [1.82, 2.24) is 10.3 Å². The predicted molar refractivity (Wildman–Crippen MR) is 129 cm³/mol. The monoisotopic (exact) mass is 473 g/mol. The molecule has 0 amide bonds. The van der Waals surface area contributed by atoms with E-state index in [0.29, 0.717) is 36.0 Å². The van der Waals surface area contributed by atoms with Crippen LogP contribution in [0.2, 0.25) is 5.02 Å². The van der Waals surface area contributed by atoms with Crippen LogP contribution in [0, 0.1) is 0 Å². The van der Waals surface area contributed by atoms with Gasteiger partial charge in [-0.15, -0.1) is 0 Å². The number of rotatable bonds is 9. The maximum Gasteiger partial charge on any atom is 0.229 e. The summed E-state index contributed by atoms with van der Waals surface area (Å²) in [5.74, 6) is 0.747. The summed E-state index contributed by atoms with van der Waals surface area (Å²) in [5.41, 5.74) is 3.00. The number of H-pyrrole nitrogens is 1. The van der Waals surface area contributed by atoms with Crippen molar-refractivity contribution < 1.29 is 18.3 Å². The van der Waals surface area contributed by atoms with Crippen LogP contribution in [-0.2, 0) is 10.0 Å². The van der Waals surface area contributed by atoms with Gasteiger partial charge in [0.1, 0.15) is 12.4 Å². The number of aliphatic hydroxyl groups is 1. The lowest BCUT2D eigenvalue weighted by molar-refractivity contribution is 0.172. The van der Waals surface area contributed by atoms with E-state index in [2.05, 4.69) is 15.0 Å². The molecular weight excluding hydrogens is 450 g/mol. The quantitative estimate of drug-likeness (QED) is 0.275. The Balaban J connectivity index is 1.28. The van der Waals surface area contributed by atoms with E-state index >= 15 is 0 Å². The molecule has 1 atom stereocenters. The Morgan fingerprint density at radius 1 is 1.06 bits per heavy atom. The number of halogens is 1. The van der Waals surface area contributed by atoms with Crippen LogP contribution < -0.4 is 14.8 Å². The minimum absolute atomic E-state index is 0.313. The van der Waals surface area contributed by atoms with Crippen molar-refractivity contribution in [2.24, 2.45) is 0 Å². The van der Waals surface area contributed by atoms with Crippen LogP contribution in [0.1, 0.15) is 11.7 Å². The van der Waals surface area contributed by atoms with Gasteiger partial charge in [0.25, 0.3) is 0 Å². The zero-order chi connectivity index (χ0) is 22.7. The van der Waals surface area contributed by atoms with Crippen molar-refractivity contribution in [3.63, 3.8) is 0 Å². The van der Waals surface area contributed by atoms with Crippen LogP contribution >= 0.6 is 11.6 Å². The number of sulfonamides is 1. The third kappa shape index (κ3) is 5.52. The zero-order valence-corrected chi connectivity index (χ0v) is 19.0. The minimum Gasteiger partial charge on any atom is -0.492 e. The van der Waals surface area contributed by atoms with Gasteiger partial charge in [-0.3, -0.25) is 4.72 Å². The summed E-state index contributed by atoms with van der Waals surface area (Å²) < 4.78 is 31.0. The molecule has 3 aromatic carbocycles. The number of benzene rings is 3. The van der Waals surface area contributed by atoms with Crippen molar-refractivity contribution in [1.29, 1.82) is 0 Å². The second-order valence-corrected chi connectivity index (χ2v) is 9.78. The van der Waals surface area contributed by atoms with Crippen molar-refractivity contribution in [3.8, 4) is 5.75 Å². The molecule has 0 saturated carbocycles. The fourth-order valence-corrected chi connectivity index (χ4v) is 4.30. The molecule has 168 valence electrons. The van der Waals surface area contributed by atoms with Crippen molar-refractivity contribution in [2.45, 2.75) is 6.10 Å². The molecule has 0 spiro atoms. The molecule has 1 heterocycles. The highest BCUT2D eigenvalue weighted by atomic mass is 35.5. The van der Waals surface area contributed by atoms with E-state index in [1.807, 2.05) is 36.4 Å². The van der Waals surface area contributed by atoms with Crippen molar-refractivity contribution in [3.05, 3.63) is 71.2 Å². The number of ether oxygens (including phenoxy) is 1. The van der Waals surface area contributed by atoms with Gasteiger partial charge >= 0.3 is 0 Å². The standard InChI is InChI=1S/C23H24ClN3O4S/c1-32(29,30)27-17-4-2-3-15(11-17)23(28)14-25-9-10-31-18-6-8-20-19-7-5-16(24)12-21(19)26-22(20)13-18/h2-8,11-13,23,25-28H,9-10,14H2,1H3/t23-/m1/s1. The Kier molecular flexibility index (Phi) is 6.57. The summed E-state index contributed by atoms with van der Waals surface area (Å²) in [4.78, 5) is 3.36. The largest absolute Gasteiger partial charge is 0.492 e. The summed E-state index contributed by atoms with van der Waals surface area (Å²) in [6, 6.07) is 18.4. The van der Waals surface area contributed by atoms with Gasteiger partial charge in [-0.2, -0.15) is 0 Å². The first-order chi connectivity index (χ1) is 15.3. The number of hydrogen-bond acceptors (Lipinski definition) is 5. The highest BCUT2D eigenvalue weighted by Gasteiger charge is 2.10. The number of aliphatic hydroxyl groups excluding tert-OH is 1. The third-order valence-electron chi connectivity index (χ3n) is 4.99. The number of nitrogens with one attached hydrogen (secondary N) is 3. The molecule has 32 heavy (non-hydrogen) atoms. The van der Waals surface area contributed by atoms with E-state index < -0.39 is 16.1 Å². The molecule has 0 aliphatic heterocycles. The number of fused-ring (bicyclic) bond motifs is 3. The molecule has 0 bridgehead atoms. The Morgan fingerprint density at radius 2 is 1.81 bits per heavy atom. The van der Waals surface area contributed by atoms with E-state index in [9.17, 15) is 13.5 Å². The molecule has 0 fully saturated rings. The molecule has 4 aromatic rings. The molecule has 0 aliphatic rings. The average Bonchev–Trinajstić information content (AvgIpc) is 3.08. The van der Waals surface area contributed by atoms with Gasteiger partial charge in [0.05, 0.1) is 17.9 Å². The van der Waals surface area contributed by atoms with Gasteiger partial charge < -0.3 is 20.1 Å². The number of hydrogen-bond donors (Lipinski definition) is 4. The van der Waals surface area contributed by atoms with Gasteiger partial charge in [-0.25, -0.2) is 8.42 Å². The van der Waals surface area contributed by atoms with E-state index in [4.69, 9.17) is 16.3 Å². The van der Waals surface area contributed by atoms with Crippen LogP contribution in [0.15, 0.2) is 60.7 Å². The fourth-order valence-electron chi connectivity index (χ4n) is 3.57. The molecule has 4 rings (SSSR count). The summed E-state index contributed by atoms with van der Waals surface area (Å²) in [6.45, 7) is 1.28. The molecule has 4 N–H and O–H groups in total. The molecule has 0 saturated heterocycles. The van der Waals surface area contributed by atoms with E-state index in [-0.39, 0.29) is 0 Å². The maximum atomic E-state index is 11.4. The highest BCUT2D eigenvalue weighted by Crippen LogP contribution is 2.30. The van der Waals surface area contributed by atoms with Crippen LogP contribution in [0.3, 0.4) is 0 Å². The highest BCUT2D eigenvalue weighted by molar-refractivity contribution is 7.92. The Labute approximate surface area is 191 Å². The van der Waals surface area contributed by atoms with Gasteiger partial charge in [0.15, 0.2) is 0 Å². The molecule has 0 aliphatic carbocycles. The number of anilines is 1.